The van der Waals surface area contributed by atoms with Crippen molar-refractivity contribution < 1.29 is 9.59 Å². The average Bonchev–Trinajstić information content (AvgIpc) is 2.70. The van der Waals surface area contributed by atoms with E-state index in [1.54, 1.807) is 0 Å². The molecule has 0 radical (unpaired) electrons. The molecule has 1 heterocycles. The number of nitrogens with one attached hydrogen (secondary N) is 2. The Hall–Kier alpha value is -2.30. The summed E-state index contributed by atoms with van der Waals surface area (Å²) in [6.45, 7) is 5.09. The molecule has 5 nitrogen and oxygen atoms in total. The van der Waals surface area contributed by atoms with E-state index in [-0.39, 0.29) is 18.2 Å². The Balaban J connectivity index is 1.38. The lowest BCUT2D eigenvalue weighted by atomic mass is 9.97. The summed E-state index contributed by atoms with van der Waals surface area (Å²) in [5, 5.41) is 5.68. The van der Waals surface area contributed by atoms with Crippen LogP contribution >= 0.6 is 0 Å². The lowest BCUT2D eigenvalue weighted by molar-refractivity contribution is -0.126. The molecule has 1 aliphatic carbocycles. The Morgan fingerprint density at radius 1 is 1.07 bits per heavy atom. The van der Waals surface area contributed by atoms with E-state index in [0.717, 1.165) is 44.0 Å². The third-order valence-corrected chi connectivity index (χ3v) is 5.77. The molecule has 3 rings (SSSR count). The van der Waals surface area contributed by atoms with Crippen molar-refractivity contribution in [2.75, 3.05) is 29.9 Å². The number of piperidine rings is 1. The van der Waals surface area contributed by atoms with E-state index in [0.29, 0.717) is 6.54 Å². The largest absolute Gasteiger partial charge is 0.372 e. The second kappa shape index (κ2) is 10.3. The Bertz CT molecular complexity index is 688. The quantitative estimate of drug-likeness (QED) is 0.546. The van der Waals surface area contributed by atoms with Gasteiger partial charge in [0.1, 0.15) is 6.42 Å². The minimum absolute atomic E-state index is 0.134. The second-order valence-corrected chi connectivity index (χ2v) is 8.15. The van der Waals surface area contributed by atoms with Crippen LogP contribution in [0.4, 0.5) is 11.4 Å². The average molecular weight is 384 g/mol. The standard InChI is InChI=1S/C23H33N3O2/c1-18-12-15-26(16-13-18)21-9-7-20(8-10-21)25-23(28)17-22(27)24-14-11-19-5-3-2-4-6-19/h5,7-10,18H,2-4,6,11-17H2,1H3,(H,24,27)(H,25,28). The van der Waals surface area contributed by atoms with Gasteiger partial charge < -0.3 is 15.5 Å². The van der Waals surface area contributed by atoms with Crippen molar-refractivity contribution in [3.05, 3.63) is 35.9 Å². The lowest BCUT2D eigenvalue weighted by Gasteiger charge is -2.32. The summed E-state index contributed by atoms with van der Waals surface area (Å²) in [6.07, 6.45) is 10.3. The van der Waals surface area contributed by atoms with E-state index in [4.69, 9.17) is 0 Å². The molecule has 152 valence electrons. The maximum Gasteiger partial charge on any atom is 0.233 e. The van der Waals surface area contributed by atoms with Gasteiger partial charge in [0, 0.05) is 31.0 Å². The van der Waals surface area contributed by atoms with E-state index in [1.807, 2.05) is 24.3 Å². The van der Waals surface area contributed by atoms with E-state index in [9.17, 15) is 9.59 Å². The highest BCUT2D eigenvalue weighted by molar-refractivity contribution is 6.03. The number of anilines is 2. The molecule has 0 aromatic heterocycles. The van der Waals surface area contributed by atoms with Gasteiger partial charge in [-0.2, -0.15) is 0 Å². The third kappa shape index (κ3) is 6.39. The molecule has 5 heteroatoms. The van der Waals surface area contributed by atoms with Crippen molar-refractivity contribution in [2.24, 2.45) is 5.92 Å². The molecule has 2 N–H and O–H groups in total. The number of rotatable bonds is 7. The smallest absolute Gasteiger partial charge is 0.233 e. The first-order valence-corrected chi connectivity index (χ1v) is 10.7. The molecular weight excluding hydrogens is 350 g/mol. The molecule has 0 atom stereocenters. The van der Waals surface area contributed by atoms with Crippen molar-refractivity contribution in [1.82, 2.24) is 5.32 Å². The molecule has 0 bridgehead atoms. The van der Waals surface area contributed by atoms with Crippen molar-refractivity contribution in [3.63, 3.8) is 0 Å². The summed E-state index contributed by atoms with van der Waals surface area (Å²) in [7, 11) is 0. The number of hydrogen-bond donors (Lipinski definition) is 2. The van der Waals surface area contributed by atoms with Crippen LogP contribution in [0.2, 0.25) is 0 Å². The van der Waals surface area contributed by atoms with Gasteiger partial charge in [-0.3, -0.25) is 9.59 Å². The highest BCUT2D eigenvalue weighted by atomic mass is 16.2. The Kier molecular flexibility index (Phi) is 7.52. The number of carbonyl (C=O) groups excluding carboxylic acids is 2. The number of nitrogens with zero attached hydrogens (tertiary/aromatic N) is 1. The summed E-state index contributed by atoms with van der Waals surface area (Å²) in [4.78, 5) is 26.5. The summed E-state index contributed by atoms with van der Waals surface area (Å²) in [6, 6.07) is 7.92. The number of benzene rings is 1. The molecule has 1 saturated heterocycles. The summed E-state index contributed by atoms with van der Waals surface area (Å²) < 4.78 is 0. The highest BCUT2D eigenvalue weighted by Crippen LogP contribution is 2.24. The summed E-state index contributed by atoms with van der Waals surface area (Å²) in [5.74, 6) is 0.322. The first-order chi connectivity index (χ1) is 13.6. The molecule has 1 aliphatic heterocycles. The monoisotopic (exact) mass is 383 g/mol. The van der Waals surface area contributed by atoms with Crippen molar-refractivity contribution in [1.29, 1.82) is 0 Å². The minimum atomic E-state index is -0.270. The van der Waals surface area contributed by atoms with Crippen LogP contribution in [0.3, 0.4) is 0 Å². The normalized spacial score (nSPS) is 17.8. The van der Waals surface area contributed by atoms with Gasteiger partial charge in [-0.15, -0.1) is 0 Å². The van der Waals surface area contributed by atoms with Crippen molar-refractivity contribution in [2.45, 2.75) is 58.3 Å². The minimum Gasteiger partial charge on any atom is -0.372 e. The summed E-state index contributed by atoms with van der Waals surface area (Å²) >= 11 is 0. The molecule has 0 saturated carbocycles. The van der Waals surface area contributed by atoms with Gasteiger partial charge >= 0.3 is 0 Å². The highest BCUT2D eigenvalue weighted by Gasteiger charge is 2.16. The molecule has 1 aromatic rings. The number of allylic oxidation sites excluding steroid dienone is 1. The number of hydrogen-bond acceptors (Lipinski definition) is 3. The first-order valence-electron chi connectivity index (χ1n) is 10.7. The van der Waals surface area contributed by atoms with E-state index in [1.165, 1.54) is 36.9 Å². The Morgan fingerprint density at radius 2 is 1.82 bits per heavy atom. The number of carbonyl (C=O) groups is 2. The van der Waals surface area contributed by atoms with Gasteiger partial charge in [-0.05, 0) is 75.1 Å². The zero-order valence-corrected chi connectivity index (χ0v) is 17.0. The van der Waals surface area contributed by atoms with Crippen LogP contribution in [0, 0.1) is 5.92 Å². The zero-order valence-electron chi connectivity index (χ0n) is 17.0. The molecule has 0 unspecified atom stereocenters. The fourth-order valence-electron chi connectivity index (χ4n) is 3.93. The molecule has 2 amide bonds. The van der Waals surface area contributed by atoms with E-state index >= 15 is 0 Å². The van der Waals surface area contributed by atoms with Crippen LogP contribution in [0.15, 0.2) is 35.9 Å². The topological polar surface area (TPSA) is 61.4 Å². The van der Waals surface area contributed by atoms with E-state index < -0.39 is 0 Å². The molecule has 28 heavy (non-hydrogen) atoms. The van der Waals surface area contributed by atoms with Crippen LogP contribution in [-0.4, -0.2) is 31.4 Å². The van der Waals surface area contributed by atoms with Gasteiger partial charge in [0.2, 0.25) is 11.8 Å². The van der Waals surface area contributed by atoms with Gasteiger partial charge in [0.05, 0.1) is 0 Å². The molecule has 2 aliphatic rings. The van der Waals surface area contributed by atoms with Crippen LogP contribution in [0.25, 0.3) is 0 Å². The van der Waals surface area contributed by atoms with E-state index in [2.05, 4.69) is 28.5 Å². The Labute approximate surface area is 168 Å². The molecule has 1 aromatic carbocycles. The second-order valence-electron chi connectivity index (χ2n) is 8.15. The van der Waals surface area contributed by atoms with Gasteiger partial charge in [-0.25, -0.2) is 0 Å². The lowest BCUT2D eigenvalue weighted by Crippen LogP contribution is -2.32. The fourth-order valence-corrected chi connectivity index (χ4v) is 3.93. The first kappa shape index (κ1) is 20.4. The van der Waals surface area contributed by atoms with Crippen LogP contribution in [-0.2, 0) is 9.59 Å². The number of amides is 2. The predicted octanol–water partition coefficient (Wildman–Crippen LogP) is 4.26. The van der Waals surface area contributed by atoms with Crippen molar-refractivity contribution in [3.8, 4) is 0 Å². The predicted molar refractivity (Wildman–Crippen MR) is 114 cm³/mol. The molecule has 0 spiro atoms. The molecular formula is C23H33N3O2. The zero-order chi connectivity index (χ0) is 19.8. The maximum absolute atomic E-state index is 12.1. The summed E-state index contributed by atoms with van der Waals surface area (Å²) in [5.41, 5.74) is 3.36. The van der Waals surface area contributed by atoms with Crippen molar-refractivity contribution >= 4 is 23.2 Å². The van der Waals surface area contributed by atoms with Gasteiger partial charge in [0.25, 0.3) is 0 Å². The third-order valence-electron chi connectivity index (χ3n) is 5.77. The fraction of sp³-hybridized carbons (Fsp3) is 0.565. The maximum atomic E-state index is 12.1. The van der Waals surface area contributed by atoms with Gasteiger partial charge in [0.15, 0.2) is 0 Å². The van der Waals surface area contributed by atoms with Crippen LogP contribution in [0.1, 0.15) is 58.3 Å². The van der Waals surface area contributed by atoms with Gasteiger partial charge in [-0.1, -0.05) is 18.6 Å². The Morgan fingerprint density at radius 3 is 2.50 bits per heavy atom. The molecule has 1 fully saturated rings. The van der Waals surface area contributed by atoms with Crippen LogP contribution < -0.4 is 15.5 Å². The SMILES string of the molecule is CC1CCN(c2ccc(NC(=O)CC(=O)NCCC3=CCCCC3)cc2)CC1. The van der Waals surface area contributed by atoms with Crippen LogP contribution in [0.5, 0.6) is 0 Å².